The number of aromatic nitrogens is 2. The third kappa shape index (κ3) is 4.09. The molecule has 5 heteroatoms. The van der Waals surface area contributed by atoms with Crippen LogP contribution in [0.1, 0.15) is 25.3 Å². The van der Waals surface area contributed by atoms with Crippen molar-refractivity contribution in [3.8, 4) is 5.69 Å². The van der Waals surface area contributed by atoms with Crippen molar-refractivity contribution < 1.29 is 0 Å². The summed E-state index contributed by atoms with van der Waals surface area (Å²) in [5, 5.41) is 4.25. The third-order valence-corrected chi connectivity index (χ3v) is 4.49. The second kappa shape index (κ2) is 7.77. The van der Waals surface area contributed by atoms with Crippen LogP contribution in [0.3, 0.4) is 0 Å². The van der Waals surface area contributed by atoms with Crippen molar-refractivity contribution in [1.82, 2.24) is 14.7 Å². The monoisotopic (exact) mass is 320 g/mol. The third-order valence-electron chi connectivity index (χ3n) is 4.49. The Balaban J connectivity index is 0.00000176. The van der Waals surface area contributed by atoms with Crippen LogP contribution in [0.25, 0.3) is 5.69 Å². The number of piperidine rings is 1. The maximum absolute atomic E-state index is 6.00. The Labute approximate surface area is 138 Å². The number of nitrogens with two attached hydrogens (primary N) is 1. The highest BCUT2D eigenvalue weighted by atomic mass is 35.5. The van der Waals surface area contributed by atoms with E-state index in [2.05, 4.69) is 41.2 Å². The molecule has 1 atom stereocenters. The number of halogens is 1. The minimum Gasteiger partial charge on any atom is -0.328 e. The molecule has 1 aliphatic rings. The van der Waals surface area contributed by atoms with Gasteiger partial charge in [0.05, 0.1) is 5.69 Å². The fourth-order valence-electron chi connectivity index (χ4n) is 3.07. The number of rotatable bonds is 4. The largest absolute Gasteiger partial charge is 0.328 e. The standard InChI is InChI=1S/C17H24N4.ClH/c1-14(18)16-7-11-20(12-8-16)13-15-3-5-17(6-4-15)21-10-2-9-19-21;/h2-6,9-10,14,16H,7-8,11-13,18H2,1H3;1H. The van der Waals surface area contributed by atoms with Gasteiger partial charge in [0.25, 0.3) is 0 Å². The molecule has 0 bridgehead atoms. The van der Waals surface area contributed by atoms with Crippen molar-refractivity contribution in [1.29, 1.82) is 0 Å². The SMILES string of the molecule is CC(N)C1CCN(Cc2ccc(-n3cccn3)cc2)CC1.Cl. The molecule has 2 heterocycles. The second-order valence-electron chi connectivity index (χ2n) is 6.09. The molecule has 2 aromatic rings. The summed E-state index contributed by atoms with van der Waals surface area (Å²) in [6.07, 6.45) is 6.22. The summed E-state index contributed by atoms with van der Waals surface area (Å²) < 4.78 is 1.89. The lowest BCUT2D eigenvalue weighted by Crippen LogP contribution is -2.39. The van der Waals surface area contributed by atoms with Gasteiger partial charge in [-0.1, -0.05) is 12.1 Å². The summed E-state index contributed by atoms with van der Waals surface area (Å²) in [5.74, 6) is 0.698. The first-order valence-corrected chi connectivity index (χ1v) is 7.79. The molecule has 1 aromatic heterocycles. The fourth-order valence-corrected chi connectivity index (χ4v) is 3.07. The van der Waals surface area contributed by atoms with E-state index in [0.717, 1.165) is 25.3 Å². The molecular weight excluding hydrogens is 296 g/mol. The van der Waals surface area contributed by atoms with E-state index in [1.54, 1.807) is 6.20 Å². The molecule has 0 aliphatic carbocycles. The molecule has 0 amide bonds. The average molecular weight is 321 g/mol. The molecule has 0 saturated carbocycles. The summed E-state index contributed by atoms with van der Waals surface area (Å²) in [6, 6.07) is 11.0. The van der Waals surface area contributed by atoms with Crippen molar-refractivity contribution in [2.75, 3.05) is 13.1 Å². The lowest BCUT2D eigenvalue weighted by atomic mass is 9.91. The summed E-state index contributed by atoms with van der Waals surface area (Å²) in [6.45, 7) is 5.49. The van der Waals surface area contributed by atoms with Gasteiger partial charge >= 0.3 is 0 Å². The first-order chi connectivity index (χ1) is 10.2. The topological polar surface area (TPSA) is 47.1 Å². The number of benzene rings is 1. The Morgan fingerprint density at radius 2 is 1.91 bits per heavy atom. The van der Waals surface area contributed by atoms with Gasteiger partial charge in [0.2, 0.25) is 0 Å². The minimum absolute atomic E-state index is 0. The number of hydrogen-bond acceptors (Lipinski definition) is 3. The molecule has 0 spiro atoms. The highest BCUT2D eigenvalue weighted by Crippen LogP contribution is 2.21. The summed E-state index contributed by atoms with van der Waals surface area (Å²) in [5.41, 5.74) is 8.48. The van der Waals surface area contributed by atoms with Crippen LogP contribution >= 0.6 is 12.4 Å². The van der Waals surface area contributed by atoms with Crippen LogP contribution in [0, 0.1) is 5.92 Å². The molecular formula is C17H25ClN4. The number of hydrogen-bond donors (Lipinski definition) is 1. The number of likely N-dealkylation sites (tertiary alicyclic amines) is 1. The molecule has 3 rings (SSSR count). The van der Waals surface area contributed by atoms with E-state index in [1.165, 1.54) is 18.4 Å². The molecule has 1 unspecified atom stereocenters. The molecule has 4 nitrogen and oxygen atoms in total. The summed E-state index contributed by atoms with van der Waals surface area (Å²) in [4.78, 5) is 2.53. The zero-order valence-electron chi connectivity index (χ0n) is 13.1. The molecule has 120 valence electrons. The highest BCUT2D eigenvalue weighted by molar-refractivity contribution is 5.85. The molecule has 22 heavy (non-hydrogen) atoms. The van der Waals surface area contributed by atoms with Crippen molar-refractivity contribution in [2.45, 2.75) is 32.4 Å². The zero-order chi connectivity index (χ0) is 14.7. The van der Waals surface area contributed by atoms with Crippen LogP contribution in [0.5, 0.6) is 0 Å². The Bertz CT molecular complexity index is 543. The maximum atomic E-state index is 6.00. The zero-order valence-corrected chi connectivity index (χ0v) is 13.9. The van der Waals surface area contributed by atoms with Gasteiger partial charge in [-0.3, -0.25) is 4.90 Å². The van der Waals surface area contributed by atoms with Gasteiger partial charge in [-0.05, 0) is 62.5 Å². The average Bonchev–Trinajstić information content (AvgIpc) is 3.03. The smallest absolute Gasteiger partial charge is 0.0645 e. The predicted molar refractivity (Wildman–Crippen MR) is 92.5 cm³/mol. The van der Waals surface area contributed by atoms with Gasteiger partial charge in [-0.15, -0.1) is 12.4 Å². The van der Waals surface area contributed by atoms with E-state index in [0.29, 0.717) is 12.0 Å². The van der Waals surface area contributed by atoms with E-state index in [9.17, 15) is 0 Å². The first kappa shape index (κ1) is 17.0. The molecule has 1 fully saturated rings. The summed E-state index contributed by atoms with van der Waals surface area (Å²) >= 11 is 0. The Hall–Kier alpha value is -1.36. The Morgan fingerprint density at radius 1 is 1.23 bits per heavy atom. The lowest BCUT2D eigenvalue weighted by Gasteiger charge is -2.33. The Morgan fingerprint density at radius 3 is 2.45 bits per heavy atom. The Kier molecular flexibility index (Phi) is 6.00. The van der Waals surface area contributed by atoms with Crippen LogP contribution in [0.4, 0.5) is 0 Å². The highest BCUT2D eigenvalue weighted by Gasteiger charge is 2.21. The van der Waals surface area contributed by atoms with Gasteiger partial charge in [-0.2, -0.15) is 5.10 Å². The molecule has 1 aliphatic heterocycles. The van der Waals surface area contributed by atoms with Gasteiger partial charge in [0.15, 0.2) is 0 Å². The quantitative estimate of drug-likeness (QED) is 0.942. The van der Waals surface area contributed by atoms with E-state index >= 15 is 0 Å². The van der Waals surface area contributed by atoms with Crippen molar-refractivity contribution >= 4 is 12.4 Å². The van der Waals surface area contributed by atoms with Gasteiger partial charge in [-0.25, -0.2) is 4.68 Å². The minimum atomic E-state index is 0. The van der Waals surface area contributed by atoms with Gasteiger partial charge in [0, 0.05) is 25.0 Å². The van der Waals surface area contributed by atoms with Gasteiger partial charge in [0.1, 0.15) is 0 Å². The van der Waals surface area contributed by atoms with E-state index in [1.807, 2.05) is 16.9 Å². The molecule has 0 radical (unpaired) electrons. The molecule has 1 saturated heterocycles. The number of nitrogens with zero attached hydrogens (tertiary/aromatic N) is 3. The molecule has 2 N–H and O–H groups in total. The summed E-state index contributed by atoms with van der Waals surface area (Å²) in [7, 11) is 0. The lowest BCUT2D eigenvalue weighted by molar-refractivity contribution is 0.166. The van der Waals surface area contributed by atoms with E-state index in [4.69, 9.17) is 5.73 Å². The maximum Gasteiger partial charge on any atom is 0.0645 e. The van der Waals surface area contributed by atoms with Crippen molar-refractivity contribution in [3.63, 3.8) is 0 Å². The van der Waals surface area contributed by atoms with Crippen LogP contribution in [0.2, 0.25) is 0 Å². The van der Waals surface area contributed by atoms with Gasteiger partial charge < -0.3 is 5.73 Å². The molecule has 1 aromatic carbocycles. The predicted octanol–water partition coefficient (Wildman–Crippen LogP) is 2.85. The second-order valence-corrected chi connectivity index (χ2v) is 6.09. The van der Waals surface area contributed by atoms with Crippen molar-refractivity contribution in [2.24, 2.45) is 11.7 Å². The van der Waals surface area contributed by atoms with Crippen LogP contribution in [0.15, 0.2) is 42.7 Å². The van der Waals surface area contributed by atoms with E-state index < -0.39 is 0 Å². The normalized spacial score (nSPS) is 17.9. The fraction of sp³-hybridized carbons (Fsp3) is 0.471. The first-order valence-electron chi connectivity index (χ1n) is 7.79. The van der Waals surface area contributed by atoms with Crippen molar-refractivity contribution in [3.05, 3.63) is 48.3 Å². The van der Waals surface area contributed by atoms with Crippen LogP contribution in [-0.4, -0.2) is 33.8 Å². The van der Waals surface area contributed by atoms with Crippen LogP contribution < -0.4 is 5.73 Å². The van der Waals surface area contributed by atoms with Crippen LogP contribution in [-0.2, 0) is 6.54 Å². The van der Waals surface area contributed by atoms with E-state index in [-0.39, 0.29) is 12.4 Å².